The number of carbonyl (C=O) groups is 1. The van der Waals surface area contributed by atoms with E-state index in [0.29, 0.717) is 5.02 Å². The zero-order valence-electron chi connectivity index (χ0n) is 10.1. The molecule has 1 atom stereocenters. The van der Waals surface area contributed by atoms with Crippen LogP contribution in [0, 0.1) is 5.41 Å². The molecule has 17 heavy (non-hydrogen) atoms. The number of carbonyl (C=O) groups excluding carboxylic acids is 1. The Morgan fingerprint density at radius 1 is 1.41 bits per heavy atom. The first kappa shape index (κ1) is 16.2. The summed E-state index contributed by atoms with van der Waals surface area (Å²) in [6.07, 6.45) is 0. The highest BCUT2D eigenvalue weighted by Gasteiger charge is 2.37. The van der Waals surface area contributed by atoms with Crippen LogP contribution in [-0.4, -0.2) is 13.1 Å². The van der Waals surface area contributed by atoms with Gasteiger partial charge in [-0.05, 0) is 25.5 Å². The molecule has 3 nitrogen and oxygen atoms in total. The molecule has 0 saturated heterocycles. The van der Waals surface area contributed by atoms with Crippen molar-refractivity contribution in [2.75, 3.05) is 7.11 Å². The average Bonchev–Trinajstić information content (AvgIpc) is 2.27. The predicted molar refractivity (Wildman–Crippen MR) is 71.4 cm³/mol. The molecule has 0 aliphatic heterocycles. The Balaban J connectivity index is 0.00000256. The smallest absolute Gasteiger partial charge is 0.313 e. The molecular weight excluding hydrogens is 261 g/mol. The van der Waals surface area contributed by atoms with Gasteiger partial charge in [-0.25, -0.2) is 0 Å². The molecule has 0 amide bonds. The standard InChI is InChI=1S/C12H16ClNO2.ClH/c1-12(2,11(15)16-3)10(14)8-6-4-5-7-9(8)13;/h4-7,10H,14H2,1-3H3;1H/t10-;/m1./s1. The summed E-state index contributed by atoms with van der Waals surface area (Å²) in [6, 6.07) is 6.74. The van der Waals surface area contributed by atoms with Gasteiger partial charge in [0.1, 0.15) is 0 Å². The van der Waals surface area contributed by atoms with Crippen molar-refractivity contribution in [3.8, 4) is 0 Å². The summed E-state index contributed by atoms with van der Waals surface area (Å²) in [6.45, 7) is 3.49. The molecule has 0 heterocycles. The minimum Gasteiger partial charge on any atom is -0.469 e. The van der Waals surface area contributed by atoms with Crippen molar-refractivity contribution in [1.82, 2.24) is 0 Å². The van der Waals surface area contributed by atoms with E-state index in [0.717, 1.165) is 5.56 Å². The van der Waals surface area contributed by atoms with Crippen LogP contribution in [0.3, 0.4) is 0 Å². The van der Waals surface area contributed by atoms with E-state index in [4.69, 9.17) is 22.1 Å². The van der Waals surface area contributed by atoms with Gasteiger partial charge in [0, 0.05) is 11.1 Å². The lowest BCUT2D eigenvalue weighted by Crippen LogP contribution is -2.37. The molecule has 0 spiro atoms. The van der Waals surface area contributed by atoms with Crippen LogP contribution in [0.2, 0.25) is 5.02 Å². The molecule has 1 aromatic rings. The molecular formula is C12H17Cl2NO2. The van der Waals surface area contributed by atoms with Crippen molar-refractivity contribution in [1.29, 1.82) is 0 Å². The first-order valence-electron chi connectivity index (χ1n) is 4.99. The van der Waals surface area contributed by atoms with Crippen molar-refractivity contribution in [3.05, 3.63) is 34.9 Å². The largest absolute Gasteiger partial charge is 0.469 e. The van der Waals surface area contributed by atoms with Crippen LogP contribution < -0.4 is 5.73 Å². The third kappa shape index (κ3) is 3.35. The molecule has 1 rings (SSSR count). The van der Waals surface area contributed by atoms with E-state index in [9.17, 15) is 4.79 Å². The number of nitrogens with two attached hydrogens (primary N) is 1. The van der Waals surface area contributed by atoms with E-state index >= 15 is 0 Å². The van der Waals surface area contributed by atoms with Crippen LogP contribution in [0.15, 0.2) is 24.3 Å². The second kappa shape index (κ2) is 6.24. The Morgan fingerprint density at radius 3 is 2.41 bits per heavy atom. The summed E-state index contributed by atoms with van der Waals surface area (Å²) >= 11 is 6.04. The summed E-state index contributed by atoms with van der Waals surface area (Å²) in [5, 5.41) is 0.562. The molecule has 5 heteroatoms. The van der Waals surface area contributed by atoms with Crippen LogP contribution in [0.1, 0.15) is 25.5 Å². The third-order valence-corrected chi connectivity index (χ3v) is 3.07. The molecule has 0 aromatic heterocycles. The second-order valence-electron chi connectivity index (χ2n) is 4.21. The van der Waals surface area contributed by atoms with Crippen molar-refractivity contribution in [3.63, 3.8) is 0 Å². The molecule has 2 N–H and O–H groups in total. The topological polar surface area (TPSA) is 52.3 Å². The highest BCUT2D eigenvalue weighted by Crippen LogP contribution is 2.35. The summed E-state index contributed by atoms with van der Waals surface area (Å²) in [5.41, 5.74) is 6.01. The van der Waals surface area contributed by atoms with Gasteiger partial charge < -0.3 is 10.5 Å². The van der Waals surface area contributed by atoms with E-state index in [1.165, 1.54) is 7.11 Å². The first-order chi connectivity index (χ1) is 7.41. The molecule has 0 bridgehead atoms. The molecule has 0 radical (unpaired) electrons. The lowest BCUT2D eigenvalue weighted by molar-refractivity contribution is -0.152. The molecule has 0 unspecified atom stereocenters. The second-order valence-corrected chi connectivity index (χ2v) is 4.62. The minimum absolute atomic E-state index is 0. The number of ether oxygens (including phenoxy) is 1. The van der Waals surface area contributed by atoms with Crippen LogP contribution in [0.5, 0.6) is 0 Å². The number of hydrogen-bond donors (Lipinski definition) is 1. The Kier molecular flexibility index (Phi) is 5.96. The summed E-state index contributed by atoms with van der Waals surface area (Å²) in [5.74, 6) is -0.347. The van der Waals surface area contributed by atoms with E-state index < -0.39 is 11.5 Å². The summed E-state index contributed by atoms with van der Waals surface area (Å²) in [7, 11) is 1.35. The van der Waals surface area contributed by atoms with Gasteiger partial charge in [0.25, 0.3) is 0 Å². The average molecular weight is 278 g/mol. The van der Waals surface area contributed by atoms with Crippen molar-refractivity contribution in [2.24, 2.45) is 11.1 Å². The van der Waals surface area contributed by atoms with E-state index in [1.807, 2.05) is 18.2 Å². The number of halogens is 2. The third-order valence-electron chi connectivity index (χ3n) is 2.73. The maximum Gasteiger partial charge on any atom is 0.313 e. The maximum absolute atomic E-state index is 11.6. The van der Waals surface area contributed by atoms with E-state index in [2.05, 4.69) is 0 Å². The molecule has 96 valence electrons. The van der Waals surface area contributed by atoms with Crippen molar-refractivity contribution < 1.29 is 9.53 Å². The van der Waals surface area contributed by atoms with Crippen molar-refractivity contribution >= 4 is 30.0 Å². The first-order valence-corrected chi connectivity index (χ1v) is 5.37. The maximum atomic E-state index is 11.6. The highest BCUT2D eigenvalue weighted by molar-refractivity contribution is 6.31. The van der Waals surface area contributed by atoms with Gasteiger partial charge in [-0.1, -0.05) is 29.8 Å². The minimum atomic E-state index is -0.806. The normalized spacial score (nSPS) is 12.5. The zero-order valence-corrected chi connectivity index (χ0v) is 11.6. The lowest BCUT2D eigenvalue weighted by atomic mass is 9.81. The predicted octanol–water partition coefficient (Wildman–Crippen LogP) is 2.96. The summed E-state index contributed by atoms with van der Waals surface area (Å²) < 4.78 is 4.74. The van der Waals surface area contributed by atoms with Crippen LogP contribution >= 0.6 is 24.0 Å². The quantitative estimate of drug-likeness (QED) is 0.865. The molecule has 0 aliphatic rings. The Labute approximate surface area is 113 Å². The fraction of sp³-hybridized carbons (Fsp3) is 0.417. The van der Waals surface area contributed by atoms with Gasteiger partial charge in [0.15, 0.2) is 0 Å². The van der Waals surface area contributed by atoms with Crippen molar-refractivity contribution in [2.45, 2.75) is 19.9 Å². The SMILES string of the molecule is COC(=O)C(C)(C)[C@H](N)c1ccccc1Cl.Cl. The zero-order chi connectivity index (χ0) is 12.3. The molecule has 0 fully saturated rings. The van der Waals surface area contributed by atoms with Gasteiger partial charge in [-0.3, -0.25) is 4.79 Å². The van der Waals surface area contributed by atoms with Crippen LogP contribution in [0.25, 0.3) is 0 Å². The van der Waals surface area contributed by atoms with Crippen LogP contribution in [0.4, 0.5) is 0 Å². The Morgan fingerprint density at radius 2 is 1.94 bits per heavy atom. The van der Waals surface area contributed by atoms with Gasteiger partial charge in [0.05, 0.1) is 12.5 Å². The van der Waals surface area contributed by atoms with Gasteiger partial charge in [-0.15, -0.1) is 12.4 Å². The summed E-state index contributed by atoms with van der Waals surface area (Å²) in [4.78, 5) is 11.6. The monoisotopic (exact) mass is 277 g/mol. The van der Waals surface area contributed by atoms with Gasteiger partial charge in [-0.2, -0.15) is 0 Å². The molecule has 1 aromatic carbocycles. The number of hydrogen-bond acceptors (Lipinski definition) is 3. The highest BCUT2D eigenvalue weighted by atomic mass is 35.5. The van der Waals surface area contributed by atoms with E-state index in [1.54, 1.807) is 19.9 Å². The fourth-order valence-corrected chi connectivity index (χ4v) is 1.76. The van der Waals surface area contributed by atoms with E-state index in [-0.39, 0.29) is 18.4 Å². The lowest BCUT2D eigenvalue weighted by Gasteiger charge is -2.29. The van der Waals surface area contributed by atoms with Gasteiger partial charge >= 0.3 is 5.97 Å². The van der Waals surface area contributed by atoms with Crippen LogP contribution in [-0.2, 0) is 9.53 Å². The Hall–Kier alpha value is -0.770. The number of benzene rings is 1. The molecule has 0 aliphatic carbocycles. The number of methoxy groups -OCH3 is 1. The fourth-order valence-electron chi connectivity index (χ4n) is 1.51. The number of rotatable bonds is 3. The van der Waals surface area contributed by atoms with Gasteiger partial charge in [0.2, 0.25) is 0 Å². The molecule has 0 saturated carbocycles. The number of esters is 1. The Bertz CT molecular complexity index is 394.